The van der Waals surface area contributed by atoms with Gasteiger partial charge in [0.2, 0.25) is 5.91 Å². The number of hydrogen-bond acceptors (Lipinski definition) is 6. The lowest BCUT2D eigenvalue weighted by molar-refractivity contribution is -0.138. The predicted molar refractivity (Wildman–Crippen MR) is 146 cm³/mol. The number of fused-ring (bicyclic) bond motifs is 3. The lowest BCUT2D eigenvalue weighted by Gasteiger charge is -2.34. The van der Waals surface area contributed by atoms with Gasteiger partial charge >= 0.3 is 6.18 Å². The first-order valence-electron chi connectivity index (χ1n) is 12.5. The zero-order valence-electron chi connectivity index (χ0n) is 21.2. The first kappa shape index (κ1) is 26.9. The van der Waals surface area contributed by atoms with Crippen LogP contribution in [0.2, 0.25) is 5.02 Å². The Bertz CT molecular complexity index is 1590. The standard InChI is InChI=1S/C27H23ClF3N5O3S/c1-39-14-24(37)34-12-20-9-19(34)13-35(20)26-33-25(38)23(40-26)7-15-2-5-22-17(6-15)10-32-36(22)11-16-3-4-18(28)8-21(16)27(29,30)31/h2-8,10,19-20H,9,11-14H2,1H3/t19-,20-/m0/s1. The van der Waals surface area contributed by atoms with Gasteiger partial charge in [0.25, 0.3) is 5.91 Å². The van der Waals surface area contributed by atoms with Crippen molar-refractivity contribution in [1.82, 2.24) is 19.6 Å². The number of rotatable bonds is 5. The number of aromatic nitrogens is 2. The Kier molecular flexibility index (Phi) is 6.87. The fourth-order valence-corrected chi connectivity index (χ4v) is 6.68. The van der Waals surface area contributed by atoms with Crippen molar-refractivity contribution in [2.24, 2.45) is 4.99 Å². The Balaban J connectivity index is 1.16. The van der Waals surface area contributed by atoms with Crippen LogP contribution in [-0.2, 0) is 27.0 Å². The number of thioether (sulfide) groups is 1. The Hall–Kier alpha value is -3.35. The molecule has 4 heterocycles. The highest BCUT2D eigenvalue weighted by Gasteiger charge is 2.47. The molecular weight excluding hydrogens is 567 g/mol. The summed E-state index contributed by atoms with van der Waals surface area (Å²) in [6.45, 7) is 1.19. The van der Waals surface area contributed by atoms with Crippen molar-refractivity contribution in [1.29, 1.82) is 0 Å². The van der Waals surface area contributed by atoms with Gasteiger partial charge in [-0.05, 0) is 59.7 Å². The third kappa shape index (κ3) is 4.99. The van der Waals surface area contributed by atoms with E-state index in [1.807, 2.05) is 11.0 Å². The Labute approximate surface area is 236 Å². The average molecular weight is 590 g/mol. The lowest BCUT2D eigenvalue weighted by Crippen LogP contribution is -2.50. The van der Waals surface area contributed by atoms with Crippen LogP contribution in [-0.4, -0.2) is 75.5 Å². The topological polar surface area (TPSA) is 80.0 Å². The van der Waals surface area contributed by atoms with Crippen LogP contribution in [0.5, 0.6) is 0 Å². The van der Waals surface area contributed by atoms with Gasteiger partial charge in [0, 0.05) is 30.6 Å². The molecule has 0 saturated carbocycles. The summed E-state index contributed by atoms with van der Waals surface area (Å²) in [4.78, 5) is 33.7. The van der Waals surface area contributed by atoms with E-state index in [1.165, 1.54) is 35.7 Å². The van der Waals surface area contributed by atoms with Crippen LogP contribution in [0.3, 0.4) is 0 Å². The van der Waals surface area contributed by atoms with E-state index in [0.29, 0.717) is 28.7 Å². The van der Waals surface area contributed by atoms with Gasteiger partial charge in [0.15, 0.2) is 5.17 Å². The number of amidine groups is 1. The summed E-state index contributed by atoms with van der Waals surface area (Å²) < 4.78 is 47.1. The highest BCUT2D eigenvalue weighted by Crippen LogP contribution is 2.38. The van der Waals surface area contributed by atoms with Crippen molar-refractivity contribution in [3.05, 3.63) is 69.2 Å². The van der Waals surface area contributed by atoms with Gasteiger partial charge in [0.05, 0.1) is 40.8 Å². The van der Waals surface area contributed by atoms with E-state index in [1.54, 1.807) is 24.4 Å². The van der Waals surface area contributed by atoms with Gasteiger partial charge < -0.3 is 14.5 Å². The van der Waals surface area contributed by atoms with Crippen molar-refractivity contribution in [2.45, 2.75) is 31.2 Å². The molecule has 13 heteroatoms. The molecule has 6 rings (SSSR count). The minimum absolute atomic E-state index is 0.0157. The fraction of sp³-hybridized carbons (Fsp3) is 0.333. The summed E-state index contributed by atoms with van der Waals surface area (Å²) >= 11 is 7.11. The van der Waals surface area contributed by atoms with Gasteiger partial charge in [-0.15, -0.1) is 0 Å². The number of hydrogen-bond donors (Lipinski definition) is 0. The highest BCUT2D eigenvalue weighted by molar-refractivity contribution is 8.18. The van der Waals surface area contributed by atoms with E-state index in [-0.39, 0.29) is 47.6 Å². The number of piperazine rings is 1. The highest BCUT2D eigenvalue weighted by atomic mass is 35.5. The summed E-state index contributed by atoms with van der Waals surface area (Å²) in [5.41, 5.74) is 0.681. The molecule has 3 aromatic rings. The second-order valence-corrected chi connectivity index (χ2v) is 11.4. The van der Waals surface area contributed by atoms with Crippen molar-refractivity contribution < 1.29 is 27.5 Å². The summed E-state index contributed by atoms with van der Waals surface area (Å²) in [6.07, 6.45) is -0.360. The summed E-state index contributed by atoms with van der Waals surface area (Å²) in [6, 6.07) is 9.31. The van der Waals surface area contributed by atoms with Gasteiger partial charge in [-0.1, -0.05) is 23.7 Å². The number of ether oxygens (including phenoxy) is 1. The maximum Gasteiger partial charge on any atom is 0.416 e. The molecule has 3 aliphatic rings. The minimum atomic E-state index is -4.54. The molecule has 2 fully saturated rings. The fourth-order valence-electron chi connectivity index (χ4n) is 5.52. The third-order valence-corrected chi connectivity index (χ3v) is 8.60. The van der Waals surface area contributed by atoms with Gasteiger partial charge in [-0.2, -0.15) is 23.3 Å². The quantitative estimate of drug-likeness (QED) is 0.403. The molecule has 208 valence electrons. The Morgan fingerprint density at radius 3 is 2.75 bits per heavy atom. The monoisotopic (exact) mass is 589 g/mol. The van der Waals surface area contributed by atoms with Crippen molar-refractivity contribution >= 4 is 57.3 Å². The summed E-state index contributed by atoms with van der Waals surface area (Å²) in [7, 11) is 1.50. The van der Waals surface area contributed by atoms with Crippen LogP contribution >= 0.6 is 23.4 Å². The van der Waals surface area contributed by atoms with Crippen LogP contribution < -0.4 is 0 Å². The zero-order valence-corrected chi connectivity index (χ0v) is 22.8. The smallest absolute Gasteiger partial charge is 0.375 e. The first-order chi connectivity index (χ1) is 19.1. The number of alkyl halides is 3. The number of carbonyl (C=O) groups is 2. The molecule has 2 saturated heterocycles. The molecule has 3 aliphatic heterocycles. The first-order valence-corrected chi connectivity index (χ1v) is 13.7. The summed E-state index contributed by atoms with van der Waals surface area (Å²) in [5.74, 6) is -0.353. The molecule has 1 aromatic heterocycles. The zero-order chi connectivity index (χ0) is 28.2. The predicted octanol–water partition coefficient (Wildman–Crippen LogP) is 4.66. The molecule has 0 radical (unpaired) electrons. The van der Waals surface area contributed by atoms with E-state index in [0.717, 1.165) is 23.4 Å². The molecule has 2 atom stereocenters. The molecule has 8 nitrogen and oxygen atoms in total. The molecule has 2 amide bonds. The van der Waals surface area contributed by atoms with E-state index in [9.17, 15) is 22.8 Å². The largest absolute Gasteiger partial charge is 0.416 e. The number of aliphatic imine (C=N–C) groups is 1. The molecule has 40 heavy (non-hydrogen) atoms. The number of methoxy groups -OCH3 is 1. The van der Waals surface area contributed by atoms with Crippen molar-refractivity contribution in [3.8, 4) is 0 Å². The van der Waals surface area contributed by atoms with Crippen molar-refractivity contribution in [2.75, 3.05) is 26.8 Å². The molecule has 0 aliphatic carbocycles. The number of carbonyl (C=O) groups excluding carboxylic acids is 2. The van der Waals surface area contributed by atoms with Crippen LogP contribution in [0.4, 0.5) is 13.2 Å². The van der Waals surface area contributed by atoms with Gasteiger partial charge in [0.1, 0.15) is 6.61 Å². The van der Waals surface area contributed by atoms with Crippen LogP contribution in [0.15, 0.2) is 52.5 Å². The molecule has 2 aromatic carbocycles. The number of halogens is 4. The van der Waals surface area contributed by atoms with Crippen LogP contribution in [0, 0.1) is 0 Å². The van der Waals surface area contributed by atoms with E-state index in [4.69, 9.17) is 16.3 Å². The van der Waals surface area contributed by atoms with Gasteiger partial charge in [-0.25, -0.2) is 0 Å². The van der Waals surface area contributed by atoms with Crippen molar-refractivity contribution in [3.63, 3.8) is 0 Å². The number of amides is 2. The maximum absolute atomic E-state index is 13.5. The molecule has 0 unspecified atom stereocenters. The van der Waals surface area contributed by atoms with Gasteiger partial charge in [-0.3, -0.25) is 14.3 Å². The minimum Gasteiger partial charge on any atom is -0.375 e. The van der Waals surface area contributed by atoms with E-state index >= 15 is 0 Å². The van der Waals surface area contributed by atoms with E-state index < -0.39 is 11.7 Å². The van der Waals surface area contributed by atoms with Crippen LogP contribution in [0.25, 0.3) is 17.0 Å². The average Bonchev–Trinajstić information content (AvgIpc) is 3.69. The molecule has 0 spiro atoms. The Morgan fingerprint density at radius 1 is 1.20 bits per heavy atom. The number of likely N-dealkylation sites (tertiary alicyclic amines) is 2. The molecule has 2 bridgehead atoms. The normalized spacial score (nSPS) is 21.8. The number of nitrogens with zero attached hydrogens (tertiary/aromatic N) is 5. The second kappa shape index (κ2) is 10.2. The maximum atomic E-state index is 13.5. The molecule has 0 N–H and O–H groups in total. The summed E-state index contributed by atoms with van der Waals surface area (Å²) in [5, 5.41) is 5.68. The van der Waals surface area contributed by atoms with E-state index in [2.05, 4.69) is 15.0 Å². The molecular formula is C27H23ClF3N5O3S. The Morgan fingerprint density at radius 2 is 2.02 bits per heavy atom. The number of benzene rings is 2. The van der Waals surface area contributed by atoms with Crippen LogP contribution in [0.1, 0.15) is 23.1 Å². The second-order valence-electron chi connectivity index (χ2n) is 9.90. The third-order valence-electron chi connectivity index (χ3n) is 7.34. The SMILES string of the molecule is COCC(=O)N1C[C@@H]2C[C@H]1CN2C1=NC(=O)C(=Cc2ccc3c(cnn3Cc3ccc(Cl)cc3C(F)(F)F)c2)S1. The lowest BCUT2D eigenvalue weighted by atomic mass is 10.1.